The summed E-state index contributed by atoms with van der Waals surface area (Å²) in [7, 11) is 0. The van der Waals surface area contributed by atoms with Gasteiger partial charge in [-0.05, 0) is 38.2 Å². The number of hydrogen-bond acceptors (Lipinski definition) is 5. The number of rotatable bonds is 0. The smallest absolute Gasteiger partial charge is 0.171 e. The first-order valence-electron chi connectivity index (χ1n) is 5.60. The summed E-state index contributed by atoms with van der Waals surface area (Å²) in [6.45, 7) is 1.82. The van der Waals surface area contributed by atoms with Gasteiger partial charge < -0.3 is 5.11 Å². The lowest BCUT2D eigenvalue weighted by Gasteiger charge is -2.29. The van der Waals surface area contributed by atoms with Gasteiger partial charge in [-0.15, -0.1) is 11.3 Å². The molecule has 2 heterocycles. The number of nitrogens with two attached hydrogens (primary N) is 1. The maximum Gasteiger partial charge on any atom is 0.171 e. The number of fused-ring (bicyclic) bond motifs is 3. The largest absolute Gasteiger partial charge is 0.368 e. The van der Waals surface area contributed by atoms with Crippen molar-refractivity contribution in [2.24, 2.45) is 10.8 Å². The van der Waals surface area contributed by atoms with E-state index in [9.17, 15) is 5.11 Å². The third kappa shape index (κ3) is 1.32. The van der Waals surface area contributed by atoms with Gasteiger partial charge in [0.05, 0.1) is 0 Å². The van der Waals surface area contributed by atoms with Crippen molar-refractivity contribution >= 4 is 22.2 Å². The molecule has 1 aromatic rings. The Labute approximate surface area is 98.4 Å². The van der Waals surface area contributed by atoms with Crippen molar-refractivity contribution < 1.29 is 5.11 Å². The molecular formula is C11H15N3OS. The SMILES string of the molecule is CC1=Nc2sc3c(c2[C@H](O)N1N)CCCC3. The van der Waals surface area contributed by atoms with Gasteiger partial charge in [0.1, 0.15) is 10.8 Å². The maximum atomic E-state index is 10.2. The minimum absolute atomic E-state index is 0.679. The zero-order chi connectivity index (χ0) is 11.3. The van der Waals surface area contributed by atoms with Gasteiger partial charge in [-0.25, -0.2) is 10.8 Å². The van der Waals surface area contributed by atoms with Gasteiger partial charge in [-0.3, -0.25) is 5.01 Å². The van der Waals surface area contributed by atoms with Crippen LogP contribution < -0.4 is 5.84 Å². The molecule has 2 aliphatic rings. The Morgan fingerprint density at radius 3 is 3.00 bits per heavy atom. The van der Waals surface area contributed by atoms with Crippen LogP contribution in [-0.4, -0.2) is 16.0 Å². The monoisotopic (exact) mass is 237 g/mol. The summed E-state index contributed by atoms with van der Waals surface area (Å²) in [5.41, 5.74) is 2.25. The van der Waals surface area contributed by atoms with Crippen molar-refractivity contribution in [3.8, 4) is 0 Å². The molecule has 0 unspecified atom stereocenters. The van der Waals surface area contributed by atoms with Crippen molar-refractivity contribution in [2.45, 2.75) is 38.8 Å². The third-order valence-electron chi connectivity index (χ3n) is 3.35. The van der Waals surface area contributed by atoms with Gasteiger partial charge in [0.25, 0.3) is 0 Å². The molecule has 1 aliphatic carbocycles. The second-order valence-electron chi connectivity index (χ2n) is 4.37. The predicted molar refractivity (Wildman–Crippen MR) is 64.7 cm³/mol. The number of aliphatic imine (C=N–C) groups is 1. The number of aliphatic hydroxyl groups excluding tert-OH is 1. The van der Waals surface area contributed by atoms with E-state index in [1.807, 2.05) is 6.92 Å². The maximum absolute atomic E-state index is 10.2. The normalized spacial score (nSPS) is 23.8. The highest BCUT2D eigenvalue weighted by atomic mass is 32.1. The van der Waals surface area contributed by atoms with Crippen LogP contribution in [0.15, 0.2) is 4.99 Å². The van der Waals surface area contributed by atoms with Gasteiger partial charge in [-0.2, -0.15) is 0 Å². The van der Waals surface area contributed by atoms with E-state index in [1.54, 1.807) is 11.3 Å². The van der Waals surface area contributed by atoms with E-state index >= 15 is 0 Å². The summed E-state index contributed by atoms with van der Waals surface area (Å²) < 4.78 is 0. The van der Waals surface area contributed by atoms with Crippen LogP contribution in [0.25, 0.3) is 0 Å². The average Bonchev–Trinajstić information content (AvgIpc) is 2.64. The van der Waals surface area contributed by atoms with Crippen LogP contribution in [0.3, 0.4) is 0 Å². The summed E-state index contributed by atoms with van der Waals surface area (Å²) in [4.78, 5) is 5.85. The standard InChI is InChI=1S/C11H15N3OS/c1-6-13-10-9(11(15)14(6)12)7-4-2-3-5-8(7)16-10/h11,15H,2-5,12H2,1H3/t11-/m0/s1. The molecule has 5 heteroatoms. The fourth-order valence-corrected chi connectivity index (χ4v) is 3.78. The zero-order valence-electron chi connectivity index (χ0n) is 9.23. The first kappa shape index (κ1) is 10.3. The number of aliphatic hydroxyl groups is 1. The lowest BCUT2D eigenvalue weighted by atomic mass is 9.94. The van der Waals surface area contributed by atoms with E-state index in [1.165, 1.54) is 28.3 Å². The Hall–Kier alpha value is -0.910. The van der Waals surface area contributed by atoms with Crippen LogP contribution in [0.5, 0.6) is 0 Å². The van der Waals surface area contributed by atoms with E-state index in [0.717, 1.165) is 23.4 Å². The number of hydrazine groups is 1. The Balaban J connectivity index is 2.17. The van der Waals surface area contributed by atoms with Crippen LogP contribution in [0.2, 0.25) is 0 Å². The molecule has 4 nitrogen and oxygen atoms in total. The van der Waals surface area contributed by atoms with Crippen LogP contribution in [0, 0.1) is 0 Å². The van der Waals surface area contributed by atoms with Crippen LogP contribution >= 0.6 is 11.3 Å². The van der Waals surface area contributed by atoms with E-state index < -0.39 is 6.23 Å². The molecule has 0 saturated heterocycles. The van der Waals surface area contributed by atoms with Gasteiger partial charge >= 0.3 is 0 Å². The molecule has 0 radical (unpaired) electrons. The number of aryl methyl sites for hydroxylation is 1. The summed E-state index contributed by atoms with van der Waals surface area (Å²) in [5.74, 6) is 6.47. The number of thiophene rings is 1. The molecular weight excluding hydrogens is 222 g/mol. The van der Waals surface area contributed by atoms with Gasteiger partial charge in [0, 0.05) is 10.4 Å². The van der Waals surface area contributed by atoms with Crippen molar-refractivity contribution in [2.75, 3.05) is 0 Å². The van der Waals surface area contributed by atoms with Gasteiger partial charge in [0.2, 0.25) is 0 Å². The molecule has 1 aliphatic heterocycles. The predicted octanol–water partition coefficient (Wildman–Crippen LogP) is 1.86. The molecule has 0 fully saturated rings. The first-order valence-corrected chi connectivity index (χ1v) is 6.42. The molecule has 1 aromatic heterocycles. The number of nitrogens with zero attached hydrogens (tertiary/aromatic N) is 2. The Kier molecular flexibility index (Phi) is 2.27. The van der Waals surface area contributed by atoms with Crippen molar-refractivity contribution in [1.82, 2.24) is 5.01 Å². The van der Waals surface area contributed by atoms with E-state index in [-0.39, 0.29) is 0 Å². The average molecular weight is 237 g/mol. The second kappa shape index (κ2) is 3.55. The molecule has 0 bridgehead atoms. The highest BCUT2D eigenvalue weighted by Crippen LogP contribution is 2.45. The number of hydrogen-bond donors (Lipinski definition) is 2. The quantitative estimate of drug-likeness (QED) is 0.677. The molecule has 3 rings (SSSR count). The van der Waals surface area contributed by atoms with Crippen LogP contribution in [-0.2, 0) is 12.8 Å². The minimum atomic E-state index is -0.717. The van der Waals surface area contributed by atoms with Crippen molar-refractivity contribution in [1.29, 1.82) is 0 Å². The van der Waals surface area contributed by atoms with Crippen molar-refractivity contribution in [3.63, 3.8) is 0 Å². The second-order valence-corrected chi connectivity index (χ2v) is 5.45. The third-order valence-corrected chi connectivity index (χ3v) is 4.55. The topological polar surface area (TPSA) is 61.9 Å². The highest BCUT2D eigenvalue weighted by molar-refractivity contribution is 7.16. The number of amidine groups is 1. The van der Waals surface area contributed by atoms with Gasteiger partial charge in [-0.1, -0.05) is 0 Å². The molecule has 86 valence electrons. The zero-order valence-corrected chi connectivity index (χ0v) is 10.0. The molecule has 0 amide bonds. The Morgan fingerprint density at radius 1 is 1.44 bits per heavy atom. The fourth-order valence-electron chi connectivity index (χ4n) is 2.45. The Morgan fingerprint density at radius 2 is 2.19 bits per heavy atom. The lowest BCUT2D eigenvalue weighted by molar-refractivity contribution is 0.0494. The van der Waals surface area contributed by atoms with Gasteiger partial charge in [0.15, 0.2) is 6.23 Å². The van der Waals surface area contributed by atoms with E-state index in [4.69, 9.17) is 5.84 Å². The van der Waals surface area contributed by atoms with Crippen LogP contribution in [0.4, 0.5) is 5.00 Å². The molecule has 3 N–H and O–H groups in total. The highest BCUT2D eigenvalue weighted by Gasteiger charge is 2.31. The first-order chi connectivity index (χ1) is 7.68. The summed E-state index contributed by atoms with van der Waals surface area (Å²) in [5, 5.41) is 12.5. The molecule has 1 atom stereocenters. The summed E-state index contributed by atoms with van der Waals surface area (Å²) in [6, 6.07) is 0. The minimum Gasteiger partial charge on any atom is -0.368 e. The van der Waals surface area contributed by atoms with Crippen molar-refractivity contribution in [3.05, 3.63) is 16.0 Å². The van der Waals surface area contributed by atoms with Crippen LogP contribution in [0.1, 0.15) is 42.0 Å². The van der Waals surface area contributed by atoms with E-state index in [0.29, 0.717) is 5.84 Å². The molecule has 0 spiro atoms. The van der Waals surface area contributed by atoms with E-state index in [2.05, 4.69) is 4.99 Å². The Bertz CT molecular complexity index is 466. The molecule has 16 heavy (non-hydrogen) atoms. The lowest BCUT2D eigenvalue weighted by Crippen LogP contribution is -2.41. The molecule has 0 aromatic carbocycles. The fraction of sp³-hybridized carbons (Fsp3) is 0.545. The summed E-state index contributed by atoms with van der Waals surface area (Å²) in [6.07, 6.45) is 3.92. The summed E-state index contributed by atoms with van der Waals surface area (Å²) >= 11 is 1.72. The molecule has 0 saturated carbocycles.